The minimum absolute atomic E-state index is 0.229. The zero-order valence-corrected chi connectivity index (χ0v) is 6.60. The lowest BCUT2D eigenvalue weighted by Gasteiger charge is -2.17. The van der Waals surface area contributed by atoms with Crippen LogP contribution in [0.25, 0.3) is 0 Å². The summed E-state index contributed by atoms with van der Waals surface area (Å²) in [7, 11) is 1.51. The first-order valence-corrected chi connectivity index (χ1v) is 3.09. The Hall–Kier alpha value is -0.770. The highest BCUT2D eigenvalue weighted by molar-refractivity contribution is 5.66. The van der Waals surface area contributed by atoms with E-state index in [0.717, 1.165) is 0 Å². The fraction of sp³-hybridized carbons (Fsp3) is 0.833. The van der Waals surface area contributed by atoms with Crippen LogP contribution in [-0.4, -0.2) is 25.3 Å². The van der Waals surface area contributed by atoms with E-state index in [1.165, 1.54) is 7.05 Å². The molecule has 4 nitrogen and oxygen atoms in total. The molecule has 0 aliphatic rings. The summed E-state index contributed by atoms with van der Waals surface area (Å²) in [6, 6.07) is 0. The van der Waals surface area contributed by atoms with Crippen molar-refractivity contribution in [1.82, 2.24) is 5.32 Å². The van der Waals surface area contributed by atoms with Crippen LogP contribution in [0.5, 0.6) is 0 Å². The predicted octanol–water partition coefficient (Wildman–Crippen LogP) is 0.0797. The molecular weight excluding hydrogens is 132 g/mol. The molecule has 0 aromatic heterocycles. The third-order valence-electron chi connectivity index (χ3n) is 0.779. The van der Waals surface area contributed by atoms with Gasteiger partial charge in [0.2, 0.25) is 0 Å². The number of carbonyl (C=O) groups is 1. The second kappa shape index (κ2) is 3.41. The maximum Gasteiger partial charge on any atom is 0.406 e. The first-order valence-electron chi connectivity index (χ1n) is 3.09. The van der Waals surface area contributed by atoms with Gasteiger partial charge in [-0.1, -0.05) is 0 Å². The first kappa shape index (κ1) is 9.23. The van der Waals surface area contributed by atoms with Gasteiger partial charge in [-0.25, -0.2) is 4.79 Å². The summed E-state index contributed by atoms with van der Waals surface area (Å²) in [5.74, 6) is 0. The second-order valence-electron chi connectivity index (χ2n) is 2.81. The molecule has 4 heteroatoms. The van der Waals surface area contributed by atoms with Crippen molar-refractivity contribution in [3.8, 4) is 0 Å². The zero-order valence-electron chi connectivity index (χ0n) is 6.60. The molecule has 0 spiro atoms. The average Bonchev–Trinajstić information content (AvgIpc) is 1.81. The molecule has 1 amide bonds. The predicted molar refractivity (Wildman–Crippen MR) is 38.7 cm³/mol. The molecule has 60 valence electrons. The molecule has 0 aromatic rings. The van der Waals surface area contributed by atoms with Gasteiger partial charge < -0.3 is 15.8 Å². The average molecular weight is 146 g/mol. The molecule has 0 saturated heterocycles. The molecule has 0 aliphatic carbocycles. The smallest absolute Gasteiger partial charge is 0.406 e. The first-order chi connectivity index (χ1) is 4.45. The highest BCUT2D eigenvalue weighted by Gasteiger charge is 2.12. The van der Waals surface area contributed by atoms with Crippen molar-refractivity contribution in [2.75, 3.05) is 13.7 Å². The molecular formula is C6H14N2O2. The van der Waals surface area contributed by atoms with Crippen molar-refractivity contribution in [1.29, 1.82) is 0 Å². The number of nitrogens with one attached hydrogen (secondary N) is 1. The lowest BCUT2D eigenvalue weighted by molar-refractivity contribution is 0.127. The van der Waals surface area contributed by atoms with Gasteiger partial charge in [0.05, 0.1) is 0 Å². The van der Waals surface area contributed by atoms with E-state index in [0.29, 0.717) is 0 Å². The SMILES string of the molecule is CNC(=O)OCC(C)(C)N. The Balaban J connectivity index is 3.46. The van der Waals surface area contributed by atoms with Crippen LogP contribution in [0.15, 0.2) is 0 Å². The molecule has 0 aliphatic heterocycles. The summed E-state index contributed by atoms with van der Waals surface area (Å²) in [6.07, 6.45) is -0.446. The van der Waals surface area contributed by atoms with Crippen molar-refractivity contribution in [2.45, 2.75) is 19.4 Å². The summed E-state index contributed by atoms with van der Waals surface area (Å²) in [5, 5.41) is 2.32. The van der Waals surface area contributed by atoms with Crippen LogP contribution in [0, 0.1) is 0 Å². The van der Waals surface area contributed by atoms with Crippen LogP contribution in [-0.2, 0) is 4.74 Å². The van der Waals surface area contributed by atoms with E-state index in [1.807, 2.05) is 0 Å². The standard InChI is InChI=1S/C6H14N2O2/c1-6(2,7)4-10-5(9)8-3/h4,7H2,1-3H3,(H,8,9). The number of carbonyl (C=O) groups excluding carboxylic acids is 1. The van der Waals surface area contributed by atoms with E-state index < -0.39 is 11.6 Å². The quantitative estimate of drug-likeness (QED) is 0.580. The number of amides is 1. The van der Waals surface area contributed by atoms with Gasteiger partial charge in [0.15, 0.2) is 0 Å². The molecule has 0 rings (SSSR count). The molecule has 0 unspecified atom stereocenters. The Morgan fingerprint density at radius 3 is 2.50 bits per heavy atom. The van der Waals surface area contributed by atoms with E-state index in [4.69, 9.17) is 5.73 Å². The van der Waals surface area contributed by atoms with Gasteiger partial charge in [-0.2, -0.15) is 0 Å². The summed E-state index contributed by atoms with van der Waals surface area (Å²) >= 11 is 0. The van der Waals surface area contributed by atoms with Crippen LogP contribution in [0.4, 0.5) is 4.79 Å². The van der Waals surface area contributed by atoms with Crippen molar-refractivity contribution in [3.63, 3.8) is 0 Å². The monoisotopic (exact) mass is 146 g/mol. The highest BCUT2D eigenvalue weighted by atomic mass is 16.5. The Morgan fingerprint density at radius 1 is 1.70 bits per heavy atom. The number of ether oxygens (including phenoxy) is 1. The van der Waals surface area contributed by atoms with Gasteiger partial charge in [0.1, 0.15) is 6.61 Å². The Kier molecular flexibility index (Phi) is 3.15. The molecule has 10 heavy (non-hydrogen) atoms. The number of hydrogen-bond donors (Lipinski definition) is 2. The van der Waals surface area contributed by atoms with E-state index >= 15 is 0 Å². The molecule has 0 aromatic carbocycles. The van der Waals surface area contributed by atoms with Crippen molar-refractivity contribution in [3.05, 3.63) is 0 Å². The van der Waals surface area contributed by atoms with Crippen molar-refractivity contribution < 1.29 is 9.53 Å². The topological polar surface area (TPSA) is 64.3 Å². The summed E-state index contributed by atoms with van der Waals surface area (Å²) in [6.45, 7) is 3.80. The van der Waals surface area contributed by atoms with Gasteiger partial charge in [-0.05, 0) is 13.8 Å². The molecule has 0 atom stereocenters. The van der Waals surface area contributed by atoms with Gasteiger partial charge in [0, 0.05) is 12.6 Å². The van der Waals surface area contributed by atoms with Crippen LogP contribution in [0.2, 0.25) is 0 Å². The Labute approximate surface area is 60.7 Å². The van der Waals surface area contributed by atoms with Gasteiger partial charge in [-0.15, -0.1) is 0 Å². The van der Waals surface area contributed by atoms with Crippen molar-refractivity contribution in [2.24, 2.45) is 5.73 Å². The fourth-order valence-corrected chi connectivity index (χ4v) is 0.324. The lowest BCUT2D eigenvalue weighted by atomic mass is 10.1. The molecule has 0 radical (unpaired) electrons. The summed E-state index contributed by atoms with van der Waals surface area (Å²) < 4.78 is 4.68. The van der Waals surface area contributed by atoms with Crippen LogP contribution in [0.1, 0.15) is 13.8 Å². The van der Waals surface area contributed by atoms with E-state index in [2.05, 4.69) is 10.1 Å². The highest BCUT2D eigenvalue weighted by Crippen LogP contribution is 1.96. The Morgan fingerprint density at radius 2 is 2.20 bits per heavy atom. The van der Waals surface area contributed by atoms with Gasteiger partial charge in [-0.3, -0.25) is 0 Å². The maximum atomic E-state index is 10.5. The largest absolute Gasteiger partial charge is 0.448 e. The molecule has 0 fully saturated rings. The third kappa shape index (κ3) is 5.37. The molecule has 0 saturated carbocycles. The van der Waals surface area contributed by atoms with Crippen LogP contribution in [0.3, 0.4) is 0 Å². The summed E-state index contributed by atoms with van der Waals surface area (Å²) in [5.41, 5.74) is 5.08. The van der Waals surface area contributed by atoms with Gasteiger partial charge in [0.25, 0.3) is 0 Å². The molecule has 0 heterocycles. The number of hydrogen-bond acceptors (Lipinski definition) is 3. The van der Waals surface area contributed by atoms with E-state index in [-0.39, 0.29) is 6.61 Å². The number of rotatable bonds is 2. The second-order valence-corrected chi connectivity index (χ2v) is 2.81. The Bertz CT molecular complexity index is 117. The summed E-state index contributed by atoms with van der Waals surface area (Å²) in [4.78, 5) is 10.5. The minimum Gasteiger partial charge on any atom is -0.448 e. The minimum atomic E-state index is -0.452. The van der Waals surface area contributed by atoms with Crippen molar-refractivity contribution >= 4 is 6.09 Å². The van der Waals surface area contributed by atoms with Crippen LogP contribution >= 0.6 is 0 Å². The number of alkyl carbamates (subject to hydrolysis) is 1. The zero-order chi connectivity index (χ0) is 8.20. The third-order valence-corrected chi connectivity index (χ3v) is 0.779. The lowest BCUT2D eigenvalue weighted by Crippen LogP contribution is -2.39. The number of nitrogens with two attached hydrogens (primary N) is 1. The van der Waals surface area contributed by atoms with E-state index in [1.54, 1.807) is 13.8 Å². The fourth-order valence-electron chi connectivity index (χ4n) is 0.324. The van der Waals surface area contributed by atoms with Gasteiger partial charge >= 0.3 is 6.09 Å². The molecule has 3 N–H and O–H groups in total. The maximum absolute atomic E-state index is 10.5. The normalized spacial score (nSPS) is 10.8. The van der Waals surface area contributed by atoms with Crippen LogP contribution < -0.4 is 11.1 Å². The molecule has 0 bridgehead atoms. The van der Waals surface area contributed by atoms with E-state index in [9.17, 15) is 4.79 Å².